The van der Waals surface area contributed by atoms with Gasteiger partial charge in [-0.1, -0.05) is 33.6 Å². The van der Waals surface area contributed by atoms with Crippen LogP contribution in [0.5, 0.6) is 0 Å². The van der Waals surface area contributed by atoms with Crippen LogP contribution in [0.1, 0.15) is 46.5 Å². The van der Waals surface area contributed by atoms with E-state index >= 15 is 0 Å². The molecule has 1 aliphatic heterocycles. The second-order valence-electron chi connectivity index (χ2n) is 6.62. The van der Waals surface area contributed by atoms with E-state index in [0.717, 1.165) is 19.1 Å². The molecule has 0 bridgehead atoms. The van der Waals surface area contributed by atoms with Crippen molar-refractivity contribution in [1.29, 1.82) is 0 Å². The number of rotatable bonds is 9. The van der Waals surface area contributed by atoms with Crippen LogP contribution in [0, 0.1) is 5.92 Å². The molecule has 2 N–H and O–H groups in total. The van der Waals surface area contributed by atoms with Gasteiger partial charge in [-0.05, 0) is 18.8 Å². The molecule has 24 heavy (non-hydrogen) atoms. The average molecular weight is 341 g/mol. The maximum absolute atomic E-state index is 12.5. The summed E-state index contributed by atoms with van der Waals surface area (Å²) in [5.41, 5.74) is 0. The summed E-state index contributed by atoms with van der Waals surface area (Å²) < 4.78 is 5.23. The number of unbranched alkanes of at least 4 members (excludes halogenated alkanes) is 1. The molecule has 1 aliphatic rings. The van der Waals surface area contributed by atoms with Crippen molar-refractivity contribution in [3.63, 3.8) is 0 Å². The number of urea groups is 1. The van der Waals surface area contributed by atoms with E-state index in [-0.39, 0.29) is 17.9 Å². The molecule has 7 nitrogen and oxygen atoms in total. The highest BCUT2D eigenvalue weighted by atomic mass is 16.5. The first kappa shape index (κ1) is 20.4. The number of carbonyl (C=O) groups excluding carboxylic acids is 3. The van der Waals surface area contributed by atoms with Crippen LogP contribution < -0.4 is 10.6 Å². The monoisotopic (exact) mass is 341 g/mol. The molecule has 1 fully saturated rings. The van der Waals surface area contributed by atoms with Crippen LogP contribution in [0.25, 0.3) is 0 Å². The zero-order chi connectivity index (χ0) is 17.9. The van der Waals surface area contributed by atoms with Gasteiger partial charge in [-0.15, -0.1) is 0 Å². The molecule has 0 aromatic rings. The van der Waals surface area contributed by atoms with E-state index in [4.69, 9.17) is 4.74 Å². The average Bonchev–Trinajstić information content (AvgIpc) is 2.58. The number of hydrogen-bond donors (Lipinski definition) is 2. The van der Waals surface area contributed by atoms with Crippen LogP contribution >= 0.6 is 0 Å². The Morgan fingerprint density at radius 2 is 1.88 bits per heavy atom. The number of hydrogen-bond acceptors (Lipinski definition) is 4. The molecule has 3 amide bonds. The zero-order valence-electron chi connectivity index (χ0n) is 15.0. The van der Waals surface area contributed by atoms with Crippen molar-refractivity contribution in [2.45, 2.75) is 58.5 Å². The van der Waals surface area contributed by atoms with Crippen LogP contribution in [-0.4, -0.2) is 61.5 Å². The molecule has 2 atom stereocenters. The molecule has 0 aromatic carbocycles. The Morgan fingerprint density at radius 3 is 2.42 bits per heavy atom. The SMILES string of the molecule is CCCC[C@@H](C=O)NC(=O)[C@H](CC(C)C)NC(=O)N1CCOCC1. The van der Waals surface area contributed by atoms with E-state index < -0.39 is 12.1 Å². The lowest BCUT2D eigenvalue weighted by molar-refractivity contribution is -0.126. The fourth-order valence-corrected chi connectivity index (χ4v) is 2.59. The number of morpholine rings is 1. The van der Waals surface area contributed by atoms with Crippen LogP contribution in [-0.2, 0) is 14.3 Å². The summed E-state index contributed by atoms with van der Waals surface area (Å²) in [6, 6.07) is -1.38. The molecule has 0 aromatic heterocycles. The van der Waals surface area contributed by atoms with E-state index in [0.29, 0.717) is 39.1 Å². The Kier molecular flexibility index (Phi) is 9.37. The van der Waals surface area contributed by atoms with E-state index in [1.54, 1.807) is 4.90 Å². The predicted molar refractivity (Wildman–Crippen MR) is 91.7 cm³/mol. The van der Waals surface area contributed by atoms with Gasteiger partial charge in [0.15, 0.2) is 0 Å². The fraction of sp³-hybridized carbons (Fsp3) is 0.824. The van der Waals surface area contributed by atoms with Crippen molar-refractivity contribution in [2.24, 2.45) is 5.92 Å². The Labute approximate surface area is 144 Å². The highest BCUT2D eigenvalue weighted by Gasteiger charge is 2.26. The van der Waals surface area contributed by atoms with E-state index in [9.17, 15) is 14.4 Å². The van der Waals surface area contributed by atoms with Crippen LogP contribution in [0.2, 0.25) is 0 Å². The third kappa shape index (κ3) is 7.29. The van der Waals surface area contributed by atoms with Crippen LogP contribution in [0.4, 0.5) is 4.79 Å². The van der Waals surface area contributed by atoms with Crippen molar-refractivity contribution >= 4 is 18.2 Å². The third-order valence-corrected chi connectivity index (χ3v) is 3.98. The summed E-state index contributed by atoms with van der Waals surface area (Å²) in [7, 11) is 0. The maximum atomic E-state index is 12.5. The molecule has 7 heteroatoms. The second kappa shape index (κ2) is 11.0. The molecule has 0 spiro atoms. The summed E-state index contributed by atoms with van der Waals surface area (Å²) in [6.45, 7) is 8.10. The number of amides is 3. The molecule has 0 radical (unpaired) electrons. The van der Waals surface area contributed by atoms with E-state index in [1.807, 2.05) is 20.8 Å². The minimum Gasteiger partial charge on any atom is -0.378 e. The molecule has 1 heterocycles. The number of ether oxygens (including phenoxy) is 1. The van der Waals surface area contributed by atoms with Gasteiger partial charge in [0.1, 0.15) is 12.3 Å². The van der Waals surface area contributed by atoms with Gasteiger partial charge in [0.25, 0.3) is 0 Å². The van der Waals surface area contributed by atoms with Crippen molar-refractivity contribution in [3.8, 4) is 0 Å². The molecular weight excluding hydrogens is 310 g/mol. The van der Waals surface area contributed by atoms with Crippen molar-refractivity contribution in [2.75, 3.05) is 26.3 Å². The van der Waals surface area contributed by atoms with Crippen LogP contribution in [0.15, 0.2) is 0 Å². The highest BCUT2D eigenvalue weighted by Crippen LogP contribution is 2.08. The first-order chi connectivity index (χ1) is 11.5. The van der Waals surface area contributed by atoms with Gasteiger partial charge in [-0.3, -0.25) is 4.79 Å². The first-order valence-electron chi connectivity index (χ1n) is 8.86. The summed E-state index contributed by atoms with van der Waals surface area (Å²) in [6.07, 6.45) is 3.75. The van der Waals surface area contributed by atoms with Crippen molar-refractivity contribution in [1.82, 2.24) is 15.5 Å². The summed E-state index contributed by atoms with van der Waals surface area (Å²) >= 11 is 0. The first-order valence-corrected chi connectivity index (χ1v) is 8.86. The minimum absolute atomic E-state index is 0.246. The number of carbonyl (C=O) groups is 3. The molecule has 0 aliphatic carbocycles. The number of aldehydes is 1. The lowest BCUT2D eigenvalue weighted by Crippen LogP contribution is -2.55. The molecule has 1 saturated heterocycles. The van der Waals surface area contributed by atoms with Gasteiger partial charge in [0, 0.05) is 13.1 Å². The third-order valence-electron chi connectivity index (χ3n) is 3.98. The van der Waals surface area contributed by atoms with E-state index in [2.05, 4.69) is 10.6 Å². The topological polar surface area (TPSA) is 87.7 Å². The number of nitrogens with zero attached hydrogens (tertiary/aromatic N) is 1. The summed E-state index contributed by atoms with van der Waals surface area (Å²) in [5.74, 6) is -0.0467. The molecule has 0 saturated carbocycles. The minimum atomic E-state index is -0.635. The number of nitrogens with one attached hydrogen (secondary N) is 2. The zero-order valence-corrected chi connectivity index (χ0v) is 15.0. The quantitative estimate of drug-likeness (QED) is 0.619. The Hall–Kier alpha value is -1.63. The highest BCUT2D eigenvalue weighted by molar-refractivity contribution is 5.88. The van der Waals surface area contributed by atoms with Crippen LogP contribution in [0.3, 0.4) is 0 Å². The summed E-state index contributed by atoms with van der Waals surface area (Å²) in [5, 5.41) is 5.56. The fourth-order valence-electron chi connectivity index (χ4n) is 2.59. The molecule has 0 unspecified atom stereocenters. The standard InChI is InChI=1S/C17H31N3O4/c1-4-5-6-14(12-21)18-16(22)15(11-13(2)3)19-17(23)20-7-9-24-10-8-20/h12-15H,4-11H2,1-3H3,(H,18,22)(H,19,23)/t14-,15-/m0/s1. The van der Waals surface area contributed by atoms with Gasteiger partial charge in [0.05, 0.1) is 19.3 Å². The van der Waals surface area contributed by atoms with Gasteiger partial charge in [-0.25, -0.2) is 4.79 Å². The maximum Gasteiger partial charge on any atom is 0.318 e. The van der Waals surface area contributed by atoms with Gasteiger partial charge >= 0.3 is 6.03 Å². The second-order valence-corrected chi connectivity index (χ2v) is 6.62. The van der Waals surface area contributed by atoms with Gasteiger partial charge in [-0.2, -0.15) is 0 Å². The summed E-state index contributed by atoms with van der Waals surface area (Å²) in [4.78, 5) is 37.6. The lowest BCUT2D eigenvalue weighted by Gasteiger charge is -2.29. The Balaban J connectivity index is 2.63. The predicted octanol–water partition coefficient (Wildman–Crippen LogP) is 1.32. The smallest absolute Gasteiger partial charge is 0.318 e. The molecule has 1 rings (SSSR count). The van der Waals surface area contributed by atoms with Gasteiger partial charge in [0.2, 0.25) is 5.91 Å². The Morgan fingerprint density at radius 1 is 1.21 bits per heavy atom. The Bertz CT molecular complexity index is 409. The lowest BCUT2D eigenvalue weighted by atomic mass is 10.0. The van der Waals surface area contributed by atoms with Crippen molar-refractivity contribution in [3.05, 3.63) is 0 Å². The molecular formula is C17H31N3O4. The van der Waals surface area contributed by atoms with Gasteiger partial charge < -0.3 is 25.1 Å². The normalized spacial score (nSPS) is 17.2. The van der Waals surface area contributed by atoms with Crippen molar-refractivity contribution < 1.29 is 19.1 Å². The molecule has 138 valence electrons. The largest absolute Gasteiger partial charge is 0.378 e. The van der Waals surface area contributed by atoms with E-state index in [1.165, 1.54) is 0 Å².